The average Bonchev–Trinajstić information content (AvgIpc) is 2.85. The summed E-state index contributed by atoms with van der Waals surface area (Å²) < 4.78 is 14.5. The van der Waals surface area contributed by atoms with Crippen LogP contribution in [0.3, 0.4) is 0 Å². The summed E-state index contributed by atoms with van der Waals surface area (Å²) in [7, 11) is 0. The van der Waals surface area contributed by atoms with Crippen molar-refractivity contribution < 1.29 is 14.0 Å². The Morgan fingerprint density at radius 3 is 2.83 bits per heavy atom. The number of rotatable bonds is 5. The van der Waals surface area contributed by atoms with Crippen LogP contribution in [0.1, 0.15) is 23.2 Å². The minimum Gasteiger partial charge on any atom is -0.324 e. The van der Waals surface area contributed by atoms with Crippen molar-refractivity contribution in [2.24, 2.45) is 0 Å². The molecule has 0 fully saturated rings. The normalized spacial score (nSPS) is 12.7. The number of halogens is 2. The van der Waals surface area contributed by atoms with Crippen LogP contribution < -0.4 is 10.2 Å². The van der Waals surface area contributed by atoms with E-state index in [1.54, 1.807) is 29.3 Å². The van der Waals surface area contributed by atoms with E-state index in [2.05, 4.69) is 26.2 Å². The van der Waals surface area contributed by atoms with Gasteiger partial charge in [-0.2, -0.15) is 0 Å². The number of fused-ring (bicyclic) bond motifs is 2. The maximum absolute atomic E-state index is 13.9. The summed E-state index contributed by atoms with van der Waals surface area (Å²) in [5.74, 6) is -0.950. The molecule has 8 heteroatoms. The summed E-state index contributed by atoms with van der Waals surface area (Å²) in [6, 6.07) is 15.6. The van der Waals surface area contributed by atoms with E-state index < -0.39 is 5.82 Å². The van der Waals surface area contributed by atoms with E-state index in [9.17, 15) is 14.0 Å². The molecule has 1 N–H and O–H groups in total. The van der Waals surface area contributed by atoms with Crippen LogP contribution in [-0.4, -0.2) is 23.3 Å². The van der Waals surface area contributed by atoms with Gasteiger partial charge in [-0.3, -0.25) is 9.59 Å². The fraction of sp³-hybridized carbons (Fsp3) is 0.136. The summed E-state index contributed by atoms with van der Waals surface area (Å²) >= 11 is 4.65. The van der Waals surface area contributed by atoms with Crippen LogP contribution in [0, 0.1) is 5.82 Å². The molecule has 2 amide bonds. The van der Waals surface area contributed by atoms with Crippen molar-refractivity contribution in [1.29, 1.82) is 0 Å². The number of nitrogens with zero attached hydrogens (tertiary/aromatic N) is 2. The van der Waals surface area contributed by atoms with Crippen LogP contribution in [0.25, 0.3) is 0 Å². The fourth-order valence-corrected chi connectivity index (χ4v) is 4.53. The van der Waals surface area contributed by atoms with Gasteiger partial charge in [-0.1, -0.05) is 39.8 Å². The van der Waals surface area contributed by atoms with Crippen molar-refractivity contribution in [1.82, 2.24) is 4.98 Å². The van der Waals surface area contributed by atoms with Crippen LogP contribution in [0.4, 0.5) is 15.8 Å². The van der Waals surface area contributed by atoms with Gasteiger partial charge in [0.1, 0.15) is 10.8 Å². The van der Waals surface area contributed by atoms with Gasteiger partial charge in [-0.25, -0.2) is 9.37 Å². The molecular weight excluding hydrogens is 469 g/mol. The minimum atomic E-state index is -0.504. The van der Waals surface area contributed by atoms with Crippen LogP contribution in [0.5, 0.6) is 0 Å². The number of amides is 2. The van der Waals surface area contributed by atoms with Gasteiger partial charge in [0.15, 0.2) is 0 Å². The molecule has 30 heavy (non-hydrogen) atoms. The fourth-order valence-electron chi connectivity index (χ4n) is 3.18. The third kappa shape index (κ3) is 4.39. The smallest absolute Gasteiger partial charge is 0.261 e. The summed E-state index contributed by atoms with van der Waals surface area (Å²) in [5, 5.41) is 3.25. The molecule has 3 aromatic rings. The molecule has 2 heterocycles. The summed E-state index contributed by atoms with van der Waals surface area (Å²) in [6.45, 7) is 0.362. The van der Waals surface area contributed by atoms with E-state index in [1.807, 2.05) is 24.3 Å². The summed E-state index contributed by atoms with van der Waals surface area (Å²) in [4.78, 5) is 32.4. The Morgan fingerprint density at radius 1 is 1.17 bits per heavy atom. The number of hydrogen-bond acceptors (Lipinski definition) is 4. The van der Waals surface area contributed by atoms with Gasteiger partial charge < -0.3 is 10.2 Å². The zero-order valence-electron chi connectivity index (χ0n) is 15.8. The molecule has 0 saturated heterocycles. The maximum Gasteiger partial charge on any atom is 0.261 e. The molecule has 0 atom stereocenters. The monoisotopic (exact) mass is 485 g/mol. The third-order valence-corrected chi connectivity index (χ3v) is 6.18. The highest BCUT2D eigenvalue weighted by Crippen LogP contribution is 2.40. The van der Waals surface area contributed by atoms with Gasteiger partial charge in [-0.15, -0.1) is 0 Å². The highest BCUT2D eigenvalue weighted by molar-refractivity contribution is 9.10. The third-order valence-electron chi connectivity index (χ3n) is 4.60. The number of benzene rings is 2. The quantitative estimate of drug-likeness (QED) is 0.517. The first-order valence-electron chi connectivity index (χ1n) is 9.31. The Labute approximate surface area is 185 Å². The topological polar surface area (TPSA) is 62.3 Å². The Kier molecular flexibility index (Phi) is 6.15. The number of para-hydroxylation sites is 1. The second-order valence-corrected chi connectivity index (χ2v) is 8.60. The number of nitrogens with one attached hydrogen (secondary N) is 1. The lowest BCUT2D eigenvalue weighted by Crippen LogP contribution is -2.32. The lowest BCUT2D eigenvalue weighted by Gasteiger charge is -2.22. The summed E-state index contributed by atoms with van der Waals surface area (Å²) in [6.07, 6.45) is 2.27. The first-order valence-corrected chi connectivity index (χ1v) is 10.9. The highest BCUT2D eigenvalue weighted by atomic mass is 79.9. The molecule has 1 aliphatic rings. The number of hydrogen-bond donors (Lipinski definition) is 1. The molecule has 0 spiro atoms. The number of aromatic nitrogens is 1. The number of anilines is 2. The molecule has 0 radical (unpaired) electrons. The standard InChI is InChI=1S/C22H17BrFN3O2S/c23-14-9-10-17(16(24)13-14)26-20(28)8-4-12-27-18-6-1-2-7-19(18)30-21-15(22(27)29)5-3-11-25-21/h1-3,5-7,9-11,13H,4,8,12H2,(H,26,28). The first-order chi connectivity index (χ1) is 14.5. The molecule has 2 aromatic carbocycles. The molecule has 5 nitrogen and oxygen atoms in total. The molecule has 1 aliphatic heterocycles. The van der Waals surface area contributed by atoms with E-state index in [4.69, 9.17) is 0 Å². The van der Waals surface area contributed by atoms with Gasteiger partial charge in [-0.05, 0) is 48.9 Å². The van der Waals surface area contributed by atoms with E-state index >= 15 is 0 Å². The molecule has 0 saturated carbocycles. The molecule has 0 unspecified atom stereocenters. The predicted molar refractivity (Wildman–Crippen MR) is 118 cm³/mol. The van der Waals surface area contributed by atoms with Crippen molar-refractivity contribution in [3.63, 3.8) is 0 Å². The average molecular weight is 486 g/mol. The Balaban J connectivity index is 1.47. The van der Waals surface area contributed by atoms with Crippen molar-refractivity contribution in [3.8, 4) is 0 Å². The lowest BCUT2D eigenvalue weighted by molar-refractivity contribution is -0.116. The maximum atomic E-state index is 13.9. The van der Waals surface area contributed by atoms with E-state index in [0.29, 0.717) is 28.0 Å². The van der Waals surface area contributed by atoms with Gasteiger partial charge in [0.2, 0.25) is 5.91 Å². The second kappa shape index (κ2) is 8.97. The van der Waals surface area contributed by atoms with Crippen molar-refractivity contribution >= 4 is 50.9 Å². The Morgan fingerprint density at radius 2 is 2.00 bits per heavy atom. The lowest BCUT2D eigenvalue weighted by atomic mass is 10.2. The van der Waals surface area contributed by atoms with Crippen molar-refractivity contribution in [2.45, 2.75) is 22.8 Å². The van der Waals surface area contributed by atoms with Crippen molar-refractivity contribution in [3.05, 3.63) is 76.6 Å². The molecular formula is C22H17BrFN3O2S. The van der Waals surface area contributed by atoms with Crippen LogP contribution >= 0.6 is 27.7 Å². The molecule has 0 bridgehead atoms. The Bertz CT molecular complexity index is 1130. The van der Waals surface area contributed by atoms with Gasteiger partial charge in [0.05, 0.1) is 16.9 Å². The van der Waals surface area contributed by atoms with Crippen LogP contribution in [-0.2, 0) is 4.79 Å². The molecule has 1 aromatic heterocycles. The SMILES string of the molecule is O=C(CCCN1C(=O)c2cccnc2Sc2ccccc21)Nc1ccc(Br)cc1F. The predicted octanol–water partition coefficient (Wildman–Crippen LogP) is 5.51. The summed E-state index contributed by atoms with van der Waals surface area (Å²) in [5.41, 5.74) is 1.47. The largest absolute Gasteiger partial charge is 0.324 e. The highest BCUT2D eigenvalue weighted by Gasteiger charge is 2.27. The van der Waals surface area contributed by atoms with E-state index in [-0.39, 0.29) is 23.9 Å². The van der Waals surface area contributed by atoms with Crippen LogP contribution in [0.15, 0.2) is 75.2 Å². The van der Waals surface area contributed by atoms with Crippen molar-refractivity contribution in [2.75, 3.05) is 16.8 Å². The van der Waals surface area contributed by atoms with E-state index in [0.717, 1.165) is 10.6 Å². The molecule has 0 aliphatic carbocycles. The number of carbonyl (C=O) groups excluding carboxylic acids is 2. The van der Waals surface area contributed by atoms with Gasteiger partial charge >= 0.3 is 0 Å². The Hall–Kier alpha value is -2.71. The second-order valence-electron chi connectivity index (χ2n) is 6.66. The van der Waals surface area contributed by atoms with Gasteiger partial charge in [0, 0.05) is 28.5 Å². The molecule has 4 rings (SSSR count). The van der Waals surface area contributed by atoms with E-state index in [1.165, 1.54) is 23.9 Å². The number of pyridine rings is 1. The minimum absolute atomic E-state index is 0.135. The van der Waals surface area contributed by atoms with Gasteiger partial charge in [0.25, 0.3) is 5.91 Å². The zero-order chi connectivity index (χ0) is 21.1. The zero-order valence-corrected chi connectivity index (χ0v) is 18.2. The molecule has 152 valence electrons. The van der Waals surface area contributed by atoms with Crippen LogP contribution in [0.2, 0.25) is 0 Å². The number of carbonyl (C=O) groups is 2. The first kappa shape index (κ1) is 20.6.